The first kappa shape index (κ1) is 19.5. The number of carbonyl (C=O) groups excluding carboxylic acids is 1. The lowest BCUT2D eigenvalue weighted by atomic mass is 9.98. The van der Waals surface area contributed by atoms with Crippen molar-refractivity contribution in [2.75, 3.05) is 39.3 Å². The highest BCUT2D eigenvalue weighted by atomic mass is 16.5. The lowest BCUT2D eigenvalue weighted by Crippen LogP contribution is -2.49. The number of nitrogens with zero attached hydrogens (tertiary/aromatic N) is 2. The third kappa shape index (κ3) is 4.92. The molecule has 27 heavy (non-hydrogen) atoms. The van der Waals surface area contributed by atoms with E-state index >= 15 is 0 Å². The molecule has 0 N–H and O–H groups in total. The molecule has 5 heteroatoms. The second-order valence-corrected chi connectivity index (χ2v) is 7.57. The quantitative estimate of drug-likeness (QED) is 0.775. The predicted octanol–water partition coefficient (Wildman–Crippen LogP) is 3.86. The van der Waals surface area contributed by atoms with Gasteiger partial charge in [-0.2, -0.15) is 0 Å². The largest absolute Gasteiger partial charge is 0.492 e. The van der Waals surface area contributed by atoms with Crippen LogP contribution in [0.25, 0.3) is 0 Å². The fourth-order valence-corrected chi connectivity index (χ4v) is 3.56. The van der Waals surface area contributed by atoms with Crippen LogP contribution in [0.4, 0.5) is 0 Å². The molecule has 0 unspecified atom stereocenters. The molecule has 1 aromatic carbocycles. The van der Waals surface area contributed by atoms with Gasteiger partial charge in [-0.3, -0.25) is 9.69 Å². The summed E-state index contributed by atoms with van der Waals surface area (Å²) < 4.78 is 11.4. The van der Waals surface area contributed by atoms with Crippen LogP contribution in [0.3, 0.4) is 0 Å². The minimum atomic E-state index is -0.0142. The van der Waals surface area contributed by atoms with Crippen molar-refractivity contribution in [2.45, 2.75) is 33.6 Å². The van der Waals surface area contributed by atoms with Gasteiger partial charge in [-0.1, -0.05) is 19.9 Å². The highest BCUT2D eigenvalue weighted by Gasteiger charge is 2.23. The van der Waals surface area contributed by atoms with Crippen molar-refractivity contribution in [3.05, 3.63) is 53.0 Å². The van der Waals surface area contributed by atoms with E-state index in [1.165, 1.54) is 11.1 Å². The van der Waals surface area contributed by atoms with Gasteiger partial charge in [-0.25, -0.2) is 0 Å². The number of rotatable bonds is 6. The second-order valence-electron chi connectivity index (χ2n) is 7.57. The van der Waals surface area contributed by atoms with Gasteiger partial charge in [0.1, 0.15) is 18.1 Å². The van der Waals surface area contributed by atoms with E-state index in [1.807, 2.05) is 17.9 Å². The van der Waals surface area contributed by atoms with E-state index in [4.69, 9.17) is 9.15 Å². The summed E-state index contributed by atoms with van der Waals surface area (Å²) in [6.07, 6.45) is 0. The Morgan fingerprint density at radius 2 is 1.85 bits per heavy atom. The summed E-state index contributed by atoms with van der Waals surface area (Å²) in [6, 6.07) is 9.93. The maximum Gasteiger partial charge on any atom is 0.289 e. The number of hydrogen-bond acceptors (Lipinski definition) is 4. The van der Waals surface area contributed by atoms with Gasteiger partial charge in [0.15, 0.2) is 5.76 Å². The first-order chi connectivity index (χ1) is 12.9. The standard InChI is InChI=1S/C22H30N2O3/c1-16(2)20-7-6-19(15-17(20)3)26-14-13-23-9-11-24(12-10-23)22(25)21-8-5-18(4)27-21/h5-8,15-16H,9-14H2,1-4H3. The summed E-state index contributed by atoms with van der Waals surface area (Å²) in [7, 11) is 0. The van der Waals surface area contributed by atoms with Crippen LogP contribution in [0, 0.1) is 13.8 Å². The van der Waals surface area contributed by atoms with Crippen molar-refractivity contribution < 1.29 is 13.9 Å². The van der Waals surface area contributed by atoms with E-state index in [0.29, 0.717) is 18.3 Å². The van der Waals surface area contributed by atoms with E-state index in [1.54, 1.807) is 6.07 Å². The van der Waals surface area contributed by atoms with E-state index < -0.39 is 0 Å². The average molecular weight is 370 g/mol. The first-order valence-electron chi connectivity index (χ1n) is 9.75. The zero-order valence-electron chi connectivity index (χ0n) is 16.8. The van der Waals surface area contributed by atoms with Gasteiger partial charge >= 0.3 is 0 Å². The normalized spacial score (nSPS) is 15.4. The van der Waals surface area contributed by atoms with Crippen LogP contribution >= 0.6 is 0 Å². The molecule has 0 aliphatic carbocycles. The molecule has 1 fully saturated rings. The predicted molar refractivity (Wildman–Crippen MR) is 107 cm³/mol. The molecule has 2 aromatic rings. The Morgan fingerprint density at radius 3 is 2.44 bits per heavy atom. The van der Waals surface area contributed by atoms with E-state index in [0.717, 1.165) is 44.2 Å². The van der Waals surface area contributed by atoms with Crippen LogP contribution in [0.5, 0.6) is 5.75 Å². The molecule has 0 saturated carbocycles. The zero-order valence-corrected chi connectivity index (χ0v) is 16.8. The molecular weight excluding hydrogens is 340 g/mol. The topological polar surface area (TPSA) is 45.9 Å². The fraction of sp³-hybridized carbons (Fsp3) is 0.500. The van der Waals surface area contributed by atoms with Gasteiger partial charge < -0.3 is 14.1 Å². The number of aryl methyl sites for hydroxylation is 2. The molecule has 1 aliphatic heterocycles. The molecule has 1 saturated heterocycles. The van der Waals surface area contributed by atoms with Gasteiger partial charge in [0.2, 0.25) is 0 Å². The fourth-order valence-electron chi connectivity index (χ4n) is 3.56. The first-order valence-corrected chi connectivity index (χ1v) is 9.75. The smallest absolute Gasteiger partial charge is 0.289 e. The lowest BCUT2D eigenvalue weighted by Gasteiger charge is -2.34. The molecule has 5 nitrogen and oxygen atoms in total. The molecular formula is C22H30N2O3. The molecule has 1 aliphatic rings. The van der Waals surface area contributed by atoms with Gasteiger partial charge in [-0.05, 0) is 55.2 Å². The number of furan rings is 1. The zero-order chi connectivity index (χ0) is 19.4. The Hall–Kier alpha value is -2.27. The van der Waals surface area contributed by atoms with E-state index in [-0.39, 0.29) is 5.91 Å². The summed E-state index contributed by atoms with van der Waals surface area (Å²) >= 11 is 0. The van der Waals surface area contributed by atoms with Crippen molar-refractivity contribution in [1.29, 1.82) is 0 Å². The van der Waals surface area contributed by atoms with E-state index in [9.17, 15) is 4.79 Å². The van der Waals surface area contributed by atoms with Crippen LogP contribution < -0.4 is 4.74 Å². The van der Waals surface area contributed by atoms with E-state index in [2.05, 4.69) is 43.9 Å². The summed E-state index contributed by atoms with van der Waals surface area (Å²) in [5, 5.41) is 0. The monoisotopic (exact) mass is 370 g/mol. The number of carbonyl (C=O) groups is 1. The Labute approximate surface area is 161 Å². The molecule has 0 radical (unpaired) electrons. The minimum absolute atomic E-state index is 0.0142. The van der Waals surface area contributed by atoms with Gasteiger partial charge in [0.05, 0.1) is 0 Å². The molecule has 0 bridgehead atoms. The number of piperazine rings is 1. The lowest BCUT2D eigenvalue weighted by molar-refractivity contribution is 0.0589. The van der Waals surface area contributed by atoms with Gasteiger partial charge in [-0.15, -0.1) is 0 Å². The number of ether oxygens (including phenoxy) is 1. The highest BCUT2D eigenvalue weighted by molar-refractivity contribution is 5.91. The third-order valence-corrected chi connectivity index (χ3v) is 5.15. The highest BCUT2D eigenvalue weighted by Crippen LogP contribution is 2.23. The number of hydrogen-bond donors (Lipinski definition) is 0. The third-order valence-electron chi connectivity index (χ3n) is 5.15. The summed E-state index contributed by atoms with van der Waals surface area (Å²) in [6.45, 7) is 13.1. The Morgan fingerprint density at radius 1 is 1.11 bits per heavy atom. The van der Waals surface area contributed by atoms with Crippen LogP contribution in [-0.2, 0) is 0 Å². The summed E-state index contributed by atoms with van der Waals surface area (Å²) in [5.74, 6) is 2.65. The van der Waals surface area contributed by atoms with Crippen molar-refractivity contribution in [2.24, 2.45) is 0 Å². The van der Waals surface area contributed by atoms with Crippen molar-refractivity contribution in [3.63, 3.8) is 0 Å². The molecule has 1 amide bonds. The number of benzene rings is 1. The molecule has 0 spiro atoms. The molecule has 3 rings (SSSR count). The Kier molecular flexibility index (Phi) is 6.22. The Bertz CT molecular complexity index is 774. The van der Waals surface area contributed by atoms with Crippen LogP contribution in [0.15, 0.2) is 34.7 Å². The summed E-state index contributed by atoms with van der Waals surface area (Å²) in [4.78, 5) is 16.6. The molecule has 1 aromatic heterocycles. The summed E-state index contributed by atoms with van der Waals surface area (Å²) in [5.41, 5.74) is 2.65. The number of amides is 1. The van der Waals surface area contributed by atoms with Crippen LogP contribution in [0.1, 0.15) is 47.2 Å². The average Bonchev–Trinajstić information content (AvgIpc) is 3.08. The minimum Gasteiger partial charge on any atom is -0.492 e. The van der Waals surface area contributed by atoms with Crippen molar-refractivity contribution in [1.82, 2.24) is 9.80 Å². The van der Waals surface area contributed by atoms with Crippen LogP contribution in [-0.4, -0.2) is 55.0 Å². The van der Waals surface area contributed by atoms with Crippen LogP contribution in [0.2, 0.25) is 0 Å². The van der Waals surface area contributed by atoms with Gasteiger partial charge in [0, 0.05) is 32.7 Å². The second kappa shape index (κ2) is 8.61. The van der Waals surface area contributed by atoms with Gasteiger partial charge in [0.25, 0.3) is 5.91 Å². The molecule has 2 heterocycles. The molecule has 0 atom stereocenters. The SMILES string of the molecule is Cc1ccc(C(=O)N2CCN(CCOc3ccc(C(C)C)c(C)c3)CC2)o1. The molecule has 146 valence electrons. The van der Waals surface area contributed by atoms with Crippen molar-refractivity contribution >= 4 is 5.91 Å². The maximum atomic E-state index is 12.4. The van der Waals surface area contributed by atoms with Crippen molar-refractivity contribution in [3.8, 4) is 5.75 Å². The Balaban J connectivity index is 1.42. The maximum absolute atomic E-state index is 12.4.